The van der Waals surface area contributed by atoms with E-state index in [0.29, 0.717) is 0 Å². The molecular weight excluding hydrogens is 152 g/mol. The van der Waals surface area contributed by atoms with Gasteiger partial charge in [0.15, 0.2) is 0 Å². The van der Waals surface area contributed by atoms with Gasteiger partial charge in [-0.1, -0.05) is 0 Å². The van der Waals surface area contributed by atoms with Crippen molar-refractivity contribution < 1.29 is 24.0 Å². The Morgan fingerprint density at radius 1 is 1.44 bits per heavy atom. The summed E-state index contributed by atoms with van der Waals surface area (Å²) in [5.41, 5.74) is 0. The molecule has 0 aromatic carbocycles. The summed E-state index contributed by atoms with van der Waals surface area (Å²) in [6, 6.07) is 0. The van der Waals surface area contributed by atoms with E-state index in [-0.39, 0.29) is 0 Å². The Bertz CT molecular complexity index is 89.1. The monoisotopic (exact) mass is 166 g/mol. The van der Waals surface area contributed by atoms with Gasteiger partial charge in [-0.2, -0.15) is 0 Å². The zero-order valence-electron chi connectivity index (χ0n) is 6.31. The van der Waals surface area contributed by atoms with Crippen LogP contribution in [0.25, 0.3) is 0 Å². The third-order valence-corrected chi connectivity index (χ3v) is 5.68. The van der Waals surface area contributed by atoms with Gasteiger partial charge >= 0.3 is 60.8 Å². The van der Waals surface area contributed by atoms with Crippen molar-refractivity contribution in [3.63, 3.8) is 0 Å². The Balaban J connectivity index is 3.75. The van der Waals surface area contributed by atoms with E-state index in [1.807, 2.05) is 6.08 Å². The van der Waals surface area contributed by atoms with Gasteiger partial charge in [-0.15, -0.1) is 0 Å². The molecule has 9 heavy (non-hydrogen) atoms. The van der Waals surface area contributed by atoms with Crippen LogP contribution in [0.4, 0.5) is 0 Å². The van der Waals surface area contributed by atoms with Crippen LogP contribution in [0.3, 0.4) is 0 Å². The Morgan fingerprint density at radius 2 is 1.89 bits per heavy atom. The van der Waals surface area contributed by atoms with E-state index >= 15 is 0 Å². The van der Waals surface area contributed by atoms with Crippen LogP contribution < -0.4 is 0 Å². The van der Waals surface area contributed by atoms with E-state index in [0.717, 1.165) is 4.73 Å². The Kier molecular flexibility index (Phi) is 4.41. The Hall–Kier alpha value is 0.374. The molecule has 0 heterocycles. The number of hydrogen-bond acceptors (Lipinski definition) is 2. The minimum absolute atomic E-state index is 0.896. The maximum absolute atomic E-state index is 5.22. The molecule has 0 aromatic rings. The summed E-state index contributed by atoms with van der Waals surface area (Å²) in [4.78, 5) is 0. The average Bonchev–Trinajstić information content (AvgIpc) is 1.89. The second kappa shape index (κ2) is 4.23. The summed E-state index contributed by atoms with van der Waals surface area (Å²) >= 11 is -2.28. The van der Waals surface area contributed by atoms with Gasteiger partial charge in [-0.3, -0.25) is 0 Å². The molecule has 3 heteroatoms. The van der Waals surface area contributed by atoms with Crippen molar-refractivity contribution in [3.8, 4) is 0 Å². The molecule has 0 aliphatic heterocycles. The molecule has 0 fully saturated rings. The molecule has 0 aliphatic carbocycles. The first-order valence-corrected chi connectivity index (χ1v) is 6.84. The van der Waals surface area contributed by atoms with Gasteiger partial charge in [0.1, 0.15) is 0 Å². The molecule has 0 aliphatic rings. The molecule has 0 atom stereocenters. The van der Waals surface area contributed by atoms with Gasteiger partial charge in [0.2, 0.25) is 0 Å². The first-order valence-electron chi connectivity index (χ1n) is 2.89. The van der Waals surface area contributed by atoms with Crippen LogP contribution in [0.1, 0.15) is 0 Å². The number of hydrogen-bond donors (Lipinski definition) is 0. The Morgan fingerprint density at radius 3 is 2.00 bits per heavy atom. The second-order valence-electron chi connectivity index (χ2n) is 2.03. The number of rotatable bonds is 4. The fraction of sp³-hybridized carbons (Fsp3) is 0.667. The predicted octanol–water partition coefficient (Wildman–Crippen LogP) is 1.92. The van der Waals surface area contributed by atoms with Gasteiger partial charge in [0.05, 0.1) is 0 Å². The summed E-state index contributed by atoms with van der Waals surface area (Å²) < 4.78 is 11.3. The first-order chi connectivity index (χ1) is 4.18. The topological polar surface area (TPSA) is 18.5 Å². The second-order valence-corrected chi connectivity index (χ2v) is 7.49. The van der Waals surface area contributed by atoms with Crippen LogP contribution in [-0.2, 0) is 24.0 Å². The van der Waals surface area contributed by atoms with E-state index in [4.69, 9.17) is 6.64 Å². The van der Waals surface area contributed by atoms with Crippen molar-refractivity contribution >= 4 is 0 Å². The van der Waals surface area contributed by atoms with Crippen molar-refractivity contribution in [2.45, 2.75) is 9.95 Å². The molecule has 0 saturated heterocycles. The molecule has 0 bridgehead atoms. The van der Waals surface area contributed by atoms with Gasteiger partial charge in [-0.25, -0.2) is 0 Å². The average molecular weight is 166 g/mol. The van der Waals surface area contributed by atoms with E-state index < -0.39 is 17.4 Å². The van der Waals surface area contributed by atoms with Crippen molar-refractivity contribution in [1.29, 1.82) is 0 Å². The molecule has 0 amide bonds. The fourth-order valence-corrected chi connectivity index (χ4v) is 2.11. The maximum atomic E-state index is 5.22. The molecule has 0 aromatic heterocycles. The van der Waals surface area contributed by atoms with Crippen molar-refractivity contribution in [2.24, 2.45) is 0 Å². The van der Waals surface area contributed by atoms with E-state index in [2.05, 4.69) is 11.8 Å². The standard InChI is InChI=1S/C3H5.2CH3O.CH3.Ti/c1-3-2;2*1-2;;/h3H,1-2H2;2*1H3;1H3;/q;2*-1;;+2. The zero-order valence-corrected chi connectivity index (χ0v) is 7.87. The van der Waals surface area contributed by atoms with Crippen molar-refractivity contribution in [2.75, 3.05) is 14.2 Å². The summed E-state index contributed by atoms with van der Waals surface area (Å²) in [5.74, 6) is 0. The van der Waals surface area contributed by atoms with Crippen LogP contribution in [0.15, 0.2) is 12.7 Å². The summed E-state index contributed by atoms with van der Waals surface area (Å²) in [6.07, 6.45) is 1.85. The molecule has 2 nitrogen and oxygen atoms in total. The third-order valence-electron chi connectivity index (χ3n) is 1.38. The van der Waals surface area contributed by atoms with E-state index in [1.54, 1.807) is 14.2 Å². The summed E-state index contributed by atoms with van der Waals surface area (Å²) in [5, 5.41) is 2.06. The summed E-state index contributed by atoms with van der Waals surface area (Å²) in [7, 11) is 3.40. The van der Waals surface area contributed by atoms with Crippen molar-refractivity contribution in [1.82, 2.24) is 0 Å². The first kappa shape index (κ1) is 9.37. The van der Waals surface area contributed by atoms with E-state index in [9.17, 15) is 0 Å². The van der Waals surface area contributed by atoms with Crippen molar-refractivity contribution in [3.05, 3.63) is 12.7 Å². The normalized spacial score (nSPS) is 11.4. The van der Waals surface area contributed by atoms with Gasteiger partial charge in [0.25, 0.3) is 0 Å². The molecule has 0 radical (unpaired) electrons. The van der Waals surface area contributed by atoms with Crippen LogP contribution in [0.2, 0.25) is 9.95 Å². The van der Waals surface area contributed by atoms with Crippen LogP contribution in [-0.4, -0.2) is 14.2 Å². The quantitative estimate of drug-likeness (QED) is 0.469. The zero-order chi connectivity index (χ0) is 7.33. The van der Waals surface area contributed by atoms with E-state index in [1.165, 1.54) is 0 Å². The van der Waals surface area contributed by atoms with Crippen LogP contribution in [0.5, 0.6) is 0 Å². The summed E-state index contributed by atoms with van der Waals surface area (Å²) in [6.45, 7) is 3.63. The minimum atomic E-state index is -2.28. The van der Waals surface area contributed by atoms with Crippen LogP contribution in [0, 0.1) is 0 Å². The fourth-order valence-electron chi connectivity index (χ4n) is 0.512. The number of allylic oxidation sites excluding steroid dienone is 1. The SMILES string of the molecule is C=C[CH2][Ti]([CH3])([O]C)[O]C. The van der Waals surface area contributed by atoms with Gasteiger partial charge in [0, 0.05) is 0 Å². The predicted molar refractivity (Wildman–Crippen MR) is 34.9 cm³/mol. The Labute approximate surface area is 61.2 Å². The molecule has 0 saturated carbocycles. The molecular formula is C6H14O2Ti. The third kappa shape index (κ3) is 3.16. The van der Waals surface area contributed by atoms with Crippen LogP contribution >= 0.6 is 0 Å². The van der Waals surface area contributed by atoms with Gasteiger partial charge < -0.3 is 0 Å². The molecule has 0 N–H and O–H groups in total. The van der Waals surface area contributed by atoms with Gasteiger partial charge in [-0.05, 0) is 0 Å². The molecule has 54 valence electrons. The molecule has 0 rings (SSSR count). The molecule has 0 unspecified atom stereocenters. The molecule has 0 spiro atoms.